The van der Waals surface area contributed by atoms with Gasteiger partial charge in [0.1, 0.15) is 0 Å². The number of nitrogens with one attached hydrogen (secondary N) is 1. The highest BCUT2D eigenvalue weighted by Gasteiger charge is 2.27. The van der Waals surface area contributed by atoms with Crippen LogP contribution in [0.2, 0.25) is 0 Å². The number of nitrogens with zero attached hydrogens (tertiary/aromatic N) is 2. The van der Waals surface area contributed by atoms with Crippen molar-refractivity contribution in [2.24, 2.45) is 7.05 Å². The Morgan fingerprint density at radius 3 is 2.81 bits per heavy atom. The van der Waals surface area contributed by atoms with E-state index in [1.54, 1.807) is 0 Å². The van der Waals surface area contributed by atoms with E-state index in [0.717, 1.165) is 19.3 Å². The summed E-state index contributed by atoms with van der Waals surface area (Å²) in [7, 11) is 1.95. The Kier molecular flexibility index (Phi) is 3.30. The van der Waals surface area contributed by atoms with Crippen LogP contribution in [0.3, 0.4) is 0 Å². The monoisotopic (exact) mass is 223 g/mol. The van der Waals surface area contributed by atoms with E-state index in [-0.39, 0.29) is 18.2 Å². The fourth-order valence-electron chi connectivity index (χ4n) is 2.49. The van der Waals surface area contributed by atoms with E-state index in [9.17, 15) is 5.11 Å². The van der Waals surface area contributed by atoms with E-state index in [4.69, 9.17) is 0 Å². The van der Waals surface area contributed by atoms with Gasteiger partial charge in [0.25, 0.3) is 0 Å². The Morgan fingerprint density at radius 2 is 2.31 bits per heavy atom. The van der Waals surface area contributed by atoms with Crippen LogP contribution in [0.25, 0.3) is 0 Å². The number of hydrogen-bond acceptors (Lipinski definition) is 3. The van der Waals surface area contributed by atoms with Crippen LogP contribution in [0.4, 0.5) is 0 Å². The van der Waals surface area contributed by atoms with Gasteiger partial charge in [-0.05, 0) is 33.1 Å². The van der Waals surface area contributed by atoms with Gasteiger partial charge in [0.05, 0.1) is 12.3 Å². The smallest absolute Gasteiger partial charge is 0.0693 e. The Labute approximate surface area is 96.7 Å². The summed E-state index contributed by atoms with van der Waals surface area (Å²) in [6.45, 7) is 4.21. The van der Waals surface area contributed by atoms with Gasteiger partial charge >= 0.3 is 0 Å². The minimum atomic E-state index is -0.181. The molecule has 90 valence electrons. The van der Waals surface area contributed by atoms with Crippen molar-refractivity contribution in [3.63, 3.8) is 0 Å². The zero-order valence-electron chi connectivity index (χ0n) is 10.3. The summed E-state index contributed by atoms with van der Waals surface area (Å²) in [6, 6.07) is 0.501. The molecule has 3 atom stereocenters. The Balaban J connectivity index is 2.02. The second kappa shape index (κ2) is 4.55. The van der Waals surface area contributed by atoms with Crippen LogP contribution in [0.1, 0.15) is 43.5 Å². The third-order valence-corrected chi connectivity index (χ3v) is 3.68. The van der Waals surface area contributed by atoms with Crippen LogP contribution in [-0.2, 0) is 7.05 Å². The first-order chi connectivity index (χ1) is 7.59. The molecule has 1 saturated carbocycles. The van der Waals surface area contributed by atoms with Gasteiger partial charge in [-0.3, -0.25) is 4.68 Å². The number of aryl methyl sites for hydroxylation is 1. The molecular formula is C12H21N3O. The minimum Gasteiger partial charge on any atom is -0.392 e. The lowest BCUT2D eigenvalue weighted by molar-refractivity contribution is 0.144. The van der Waals surface area contributed by atoms with Crippen molar-refractivity contribution >= 4 is 0 Å². The highest BCUT2D eigenvalue weighted by Crippen LogP contribution is 2.23. The number of aliphatic hydroxyl groups excluding tert-OH is 1. The van der Waals surface area contributed by atoms with Crippen LogP contribution < -0.4 is 5.32 Å². The molecule has 1 fully saturated rings. The summed E-state index contributed by atoms with van der Waals surface area (Å²) >= 11 is 0. The molecule has 3 unspecified atom stereocenters. The maximum Gasteiger partial charge on any atom is 0.0693 e. The molecule has 1 aromatic heterocycles. The average Bonchev–Trinajstić information content (AvgIpc) is 2.77. The Morgan fingerprint density at radius 1 is 1.56 bits per heavy atom. The van der Waals surface area contributed by atoms with Gasteiger partial charge < -0.3 is 10.4 Å². The second-order valence-electron chi connectivity index (χ2n) is 4.80. The molecule has 0 saturated heterocycles. The molecule has 1 aliphatic carbocycles. The molecule has 0 aromatic carbocycles. The Bertz CT molecular complexity index is 361. The van der Waals surface area contributed by atoms with E-state index in [0.29, 0.717) is 0 Å². The van der Waals surface area contributed by atoms with Gasteiger partial charge in [-0.25, -0.2) is 0 Å². The van der Waals surface area contributed by atoms with Crippen molar-refractivity contribution in [1.82, 2.24) is 15.1 Å². The molecule has 0 radical (unpaired) electrons. The average molecular weight is 223 g/mol. The van der Waals surface area contributed by atoms with Crippen LogP contribution in [-0.4, -0.2) is 27.0 Å². The number of hydrogen-bond donors (Lipinski definition) is 2. The quantitative estimate of drug-likeness (QED) is 0.812. The van der Waals surface area contributed by atoms with Crippen LogP contribution in [0.5, 0.6) is 0 Å². The van der Waals surface area contributed by atoms with Gasteiger partial charge in [-0.15, -0.1) is 0 Å². The standard InChI is InChI=1S/C12H21N3O/c1-8(10-7-13-15(3)9(10)2)14-11-5-4-6-12(11)16/h7-8,11-12,14,16H,4-6H2,1-3H3. The van der Waals surface area contributed by atoms with Crippen molar-refractivity contribution in [2.75, 3.05) is 0 Å². The number of aliphatic hydroxyl groups is 1. The van der Waals surface area contributed by atoms with Crippen molar-refractivity contribution in [1.29, 1.82) is 0 Å². The molecule has 1 aromatic rings. The number of aromatic nitrogens is 2. The maximum atomic E-state index is 9.78. The molecule has 0 bridgehead atoms. The molecule has 4 heteroatoms. The Hall–Kier alpha value is -0.870. The zero-order valence-corrected chi connectivity index (χ0v) is 10.3. The largest absolute Gasteiger partial charge is 0.392 e. The van der Waals surface area contributed by atoms with Gasteiger partial charge in [0, 0.05) is 30.4 Å². The van der Waals surface area contributed by atoms with Crippen molar-refractivity contribution < 1.29 is 5.11 Å². The molecule has 2 rings (SSSR count). The summed E-state index contributed by atoms with van der Waals surface area (Å²) in [5.41, 5.74) is 2.41. The molecule has 0 amide bonds. The SMILES string of the molecule is Cc1c(C(C)NC2CCCC2O)cnn1C. The predicted molar refractivity (Wildman–Crippen MR) is 63.1 cm³/mol. The van der Waals surface area contributed by atoms with E-state index in [2.05, 4.69) is 24.3 Å². The minimum absolute atomic E-state index is 0.181. The molecule has 1 heterocycles. The van der Waals surface area contributed by atoms with Crippen molar-refractivity contribution in [3.8, 4) is 0 Å². The van der Waals surface area contributed by atoms with Gasteiger partial charge in [0.15, 0.2) is 0 Å². The second-order valence-corrected chi connectivity index (χ2v) is 4.80. The van der Waals surface area contributed by atoms with Gasteiger partial charge in [-0.2, -0.15) is 5.10 Å². The van der Waals surface area contributed by atoms with Crippen LogP contribution in [0, 0.1) is 6.92 Å². The normalized spacial score (nSPS) is 27.2. The number of rotatable bonds is 3. The summed E-state index contributed by atoms with van der Waals surface area (Å²) in [4.78, 5) is 0. The third-order valence-electron chi connectivity index (χ3n) is 3.68. The van der Waals surface area contributed by atoms with E-state index < -0.39 is 0 Å². The molecular weight excluding hydrogens is 202 g/mol. The van der Waals surface area contributed by atoms with E-state index in [1.165, 1.54) is 11.3 Å². The van der Waals surface area contributed by atoms with Gasteiger partial charge in [-0.1, -0.05) is 0 Å². The molecule has 4 nitrogen and oxygen atoms in total. The first kappa shape index (κ1) is 11.6. The molecule has 0 aliphatic heterocycles. The highest BCUT2D eigenvalue weighted by atomic mass is 16.3. The van der Waals surface area contributed by atoms with Crippen LogP contribution in [0.15, 0.2) is 6.20 Å². The van der Waals surface area contributed by atoms with Gasteiger partial charge in [0.2, 0.25) is 0 Å². The van der Waals surface area contributed by atoms with Crippen molar-refractivity contribution in [2.45, 2.75) is 51.3 Å². The molecule has 2 N–H and O–H groups in total. The fourth-order valence-corrected chi connectivity index (χ4v) is 2.49. The predicted octanol–water partition coefficient (Wildman–Crippen LogP) is 1.29. The maximum absolute atomic E-state index is 9.78. The van der Waals surface area contributed by atoms with E-state index >= 15 is 0 Å². The summed E-state index contributed by atoms with van der Waals surface area (Å²) < 4.78 is 1.89. The fraction of sp³-hybridized carbons (Fsp3) is 0.750. The summed E-state index contributed by atoms with van der Waals surface area (Å²) in [5, 5.41) is 17.5. The highest BCUT2D eigenvalue weighted by molar-refractivity contribution is 5.20. The first-order valence-corrected chi connectivity index (χ1v) is 6.02. The lowest BCUT2D eigenvalue weighted by Gasteiger charge is -2.22. The van der Waals surface area contributed by atoms with Crippen molar-refractivity contribution in [3.05, 3.63) is 17.5 Å². The topological polar surface area (TPSA) is 50.1 Å². The molecule has 1 aliphatic rings. The summed E-state index contributed by atoms with van der Waals surface area (Å²) in [6.07, 6.45) is 4.85. The van der Waals surface area contributed by atoms with E-state index in [1.807, 2.05) is 17.9 Å². The zero-order chi connectivity index (χ0) is 11.7. The first-order valence-electron chi connectivity index (χ1n) is 6.02. The lowest BCUT2D eigenvalue weighted by Crippen LogP contribution is -2.37. The van der Waals surface area contributed by atoms with Crippen LogP contribution >= 0.6 is 0 Å². The molecule has 16 heavy (non-hydrogen) atoms. The lowest BCUT2D eigenvalue weighted by atomic mass is 10.1. The summed E-state index contributed by atoms with van der Waals surface area (Å²) in [5.74, 6) is 0. The third kappa shape index (κ3) is 2.13. The molecule has 0 spiro atoms.